The molecule has 0 saturated heterocycles. The number of nitrogens with two attached hydrogens (primary N) is 1. The van der Waals surface area contributed by atoms with E-state index >= 15 is 0 Å². The summed E-state index contributed by atoms with van der Waals surface area (Å²) < 4.78 is 5.62. The second-order valence-corrected chi connectivity index (χ2v) is 5.16. The molecule has 0 aliphatic carbocycles. The van der Waals surface area contributed by atoms with Crippen LogP contribution in [0.25, 0.3) is 0 Å². The van der Waals surface area contributed by atoms with Crippen LogP contribution in [0.2, 0.25) is 0 Å². The van der Waals surface area contributed by atoms with E-state index in [1.807, 2.05) is 30.3 Å². The number of carbonyl (C=O) groups is 1. The van der Waals surface area contributed by atoms with Crippen molar-refractivity contribution in [2.45, 2.75) is 25.2 Å². The third-order valence-corrected chi connectivity index (χ3v) is 3.53. The fourth-order valence-electron chi connectivity index (χ4n) is 2.13. The SMILES string of the molecule is C[C@H](N)[C@](O)(C(=O)O)c1ccc(OCc2ccccc2)cc1. The van der Waals surface area contributed by atoms with Crippen molar-refractivity contribution in [3.8, 4) is 5.75 Å². The maximum absolute atomic E-state index is 11.3. The second-order valence-electron chi connectivity index (χ2n) is 5.16. The number of rotatable bonds is 6. The van der Waals surface area contributed by atoms with Crippen molar-refractivity contribution in [1.29, 1.82) is 0 Å². The van der Waals surface area contributed by atoms with Crippen LogP contribution in [-0.4, -0.2) is 22.2 Å². The van der Waals surface area contributed by atoms with Crippen LogP contribution in [0.4, 0.5) is 0 Å². The minimum atomic E-state index is -2.11. The second kappa shape index (κ2) is 6.60. The first-order valence-corrected chi connectivity index (χ1v) is 6.93. The van der Waals surface area contributed by atoms with Crippen molar-refractivity contribution < 1.29 is 19.7 Å². The number of ether oxygens (including phenoxy) is 1. The molecule has 5 nitrogen and oxygen atoms in total. The van der Waals surface area contributed by atoms with Crippen LogP contribution in [0.5, 0.6) is 5.75 Å². The Morgan fingerprint density at radius 1 is 1.18 bits per heavy atom. The molecule has 0 saturated carbocycles. The van der Waals surface area contributed by atoms with Gasteiger partial charge in [-0.2, -0.15) is 0 Å². The van der Waals surface area contributed by atoms with Gasteiger partial charge in [0.25, 0.3) is 0 Å². The van der Waals surface area contributed by atoms with Gasteiger partial charge in [-0.1, -0.05) is 42.5 Å². The van der Waals surface area contributed by atoms with Crippen molar-refractivity contribution >= 4 is 5.97 Å². The number of carboxylic acids is 1. The van der Waals surface area contributed by atoms with Gasteiger partial charge < -0.3 is 20.7 Å². The van der Waals surface area contributed by atoms with Crippen LogP contribution in [-0.2, 0) is 17.0 Å². The molecule has 0 aliphatic heterocycles. The molecule has 2 aromatic carbocycles. The first-order chi connectivity index (χ1) is 10.4. The van der Waals surface area contributed by atoms with Crippen molar-refractivity contribution in [2.24, 2.45) is 5.73 Å². The van der Waals surface area contributed by atoms with Crippen LogP contribution in [0.1, 0.15) is 18.1 Å². The molecule has 0 unspecified atom stereocenters. The lowest BCUT2D eigenvalue weighted by atomic mass is 9.88. The van der Waals surface area contributed by atoms with Crippen LogP contribution >= 0.6 is 0 Å². The predicted molar refractivity (Wildman–Crippen MR) is 82.4 cm³/mol. The fourth-order valence-corrected chi connectivity index (χ4v) is 2.13. The van der Waals surface area contributed by atoms with Gasteiger partial charge in [-0.15, -0.1) is 0 Å². The lowest BCUT2D eigenvalue weighted by molar-refractivity contribution is -0.161. The number of hydrogen-bond donors (Lipinski definition) is 3. The van der Waals surface area contributed by atoms with E-state index < -0.39 is 17.6 Å². The van der Waals surface area contributed by atoms with Crippen LogP contribution < -0.4 is 10.5 Å². The topological polar surface area (TPSA) is 92.8 Å². The lowest BCUT2D eigenvalue weighted by Gasteiger charge is -2.27. The summed E-state index contributed by atoms with van der Waals surface area (Å²) in [5, 5.41) is 19.5. The molecule has 4 N–H and O–H groups in total. The van der Waals surface area contributed by atoms with Gasteiger partial charge in [0, 0.05) is 6.04 Å². The van der Waals surface area contributed by atoms with E-state index in [1.54, 1.807) is 12.1 Å². The molecule has 5 heteroatoms. The van der Waals surface area contributed by atoms with Crippen molar-refractivity contribution in [3.63, 3.8) is 0 Å². The number of aliphatic hydroxyl groups is 1. The molecule has 22 heavy (non-hydrogen) atoms. The molecule has 0 spiro atoms. The summed E-state index contributed by atoms with van der Waals surface area (Å²) in [4.78, 5) is 11.3. The summed E-state index contributed by atoms with van der Waals surface area (Å²) in [5.74, 6) is -0.787. The van der Waals surface area contributed by atoms with Crippen LogP contribution in [0, 0.1) is 0 Å². The highest BCUT2D eigenvalue weighted by Gasteiger charge is 2.41. The summed E-state index contributed by atoms with van der Waals surface area (Å²) in [6.07, 6.45) is 0. The molecule has 2 rings (SSSR count). The Morgan fingerprint density at radius 3 is 2.27 bits per heavy atom. The minimum Gasteiger partial charge on any atom is -0.489 e. The van der Waals surface area contributed by atoms with Gasteiger partial charge in [0.05, 0.1) is 0 Å². The highest BCUT2D eigenvalue weighted by atomic mass is 16.5. The van der Waals surface area contributed by atoms with Gasteiger partial charge in [0.1, 0.15) is 12.4 Å². The quantitative estimate of drug-likeness (QED) is 0.757. The molecule has 0 aromatic heterocycles. The zero-order valence-electron chi connectivity index (χ0n) is 12.3. The molecule has 0 fully saturated rings. The zero-order valence-corrected chi connectivity index (χ0v) is 12.3. The van der Waals surface area contributed by atoms with Gasteiger partial charge in [-0.3, -0.25) is 0 Å². The fraction of sp³-hybridized carbons (Fsp3) is 0.235. The molecule has 0 aliphatic rings. The molecule has 0 bridgehead atoms. The van der Waals surface area contributed by atoms with Gasteiger partial charge in [-0.05, 0) is 30.2 Å². The number of carboxylic acid groups (broad SMARTS) is 1. The number of hydrogen-bond acceptors (Lipinski definition) is 4. The van der Waals surface area contributed by atoms with Gasteiger partial charge in [0.15, 0.2) is 0 Å². The average molecular weight is 301 g/mol. The monoisotopic (exact) mass is 301 g/mol. The smallest absolute Gasteiger partial charge is 0.342 e. The Kier molecular flexibility index (Phi) is 4.80. The summed E-state index contributed by atoms with van der Waals surface area (Å²) in [7, 11) is 0. The minimum absolute atomic E-state index is 0.224. The Bertz CT molecular complexity index is 625. The Morgan fingerprint density at radius 2 is 1.77 bits per heavy atom. The number of aliphatic carboxylic acids is 1. The molecule has 0 amide bonds. The summed E-state index contributed by atoms with van der Waals surface area (Å²) in [6, 6.07) is 15.0. The van der Waals surface area contributed by atoms with Crippen LogP contribution in [0.3, 0.4) is 0 Å². The lowest BCUT2D eigenvalue weighted by Crippen LogP contribution is -2.49. The van der Waals surface area contributed by atoms with Gasteiger partial charge in [0.2, 0.25) is 5.60 Å². The Labute approximate surface area is 129 Å². The highest BCUT2D eigenvalue weighted by molar-refractivity contribution is 5.80. The predicted octanol–water partition coefficient (Wildman–Crippen LogP) is 1.88. The first kappa shape index (κ1) is 16.0. The van der Waals surface area contributed by atoms with E-state index in [2.05, 4.69) is 0 Å². The largest absolute Gasteiger partial charge is 0.489 e. The maximum Gasteiger partial charge on any atom is 0.342 e. The molecule has 2 aromatic rings. The van der Waals surface area contributed by atoms with Crippen molar-refractivity contribution in [2.75, 3.05) is 0 Å². The van der Waals surface area contributed by atoms with Gasteiger partial charge >= 0.3 is 5.97 Å². The van der Waals surface area contributed by atoms with Crippen molar-refractivity contribution in [3.05, 3.63) is 65.7 Å². The highest BCUT2D eigenvalue weighted by Crippen LogP contribution is 2.26. The summed E-state index contributed by atoms with van der Waals surface area (Å²) in [6.45, 7) is 1.87. The van der Waals surface area contributed by atoms with E-state index in [4.69, 9.17) is 10.5 Å². The third-order valence-electron chi connectivity index (χ3n) is 3.53. The zero-order chi connectivity index (χ0) is 16.2. The van der Waals surface area contributed by atoms with E-state index in [-0.39, 0.29) is 5.56 Å². The van der Waals surface area contributed by atoms with E-state index in [9.17, 15) is 15.0 Å². The Hall–Kier alpha value is -2.37. The third kappa shape index (κ3) is 3.27. The van der Waals surface area contributed by atoms with E-state index in [0.29, 0.717) is 12.4 Å². The normalized spacial score (nSPS) is 14.9. The van der Waals surface area contributed by atoms with E-state index in [1.165, 1.54) is 19.1 Å². The molecule has 0 radical (unpaired) electrons. The van der Waals surface area contributed by atoms with Crippen LogP contribution in [0.15, 0.2) is 54.6 Å². The molecular weight excluding hydrogens is 282 g/mol. The average Bonchev–Trinajstić information content (AvgIpc) is 2.53. The Balaban J connectivity index is 2.11. The molecular formula is C17H19NO4. The molecule has 116 valence electrons. The summed E-state index contributed by atoms with van der Waals surface area (Å²) >= 11 is 0. The van der Waals surface area contributed by atoms with E-state index in [0.717, 1.165) is 5.56 Å². The molecule has 2 atom stereocenters. The number of benzene rings is 2. The van der Waals surface area contributed by atoms with Crippen molar-refractivity contribution in [1.82, 2.24) is 0 Å². The standard InChI is InChI=1S/C17H19NO4/c1-12(18)17(21,16(19)20)14-7-9-15(10-8-14)22-11-13-5-3-2-4-6-13/h2-10,12,21H,11,18H2,1H3,(H,19,20)/t12-,17+/m0/s1. The summed E-state index contributed by atoms with van der Waals surface area (Å²) in [5.41, 5.74) is 4.76. The molecule has 0 heterocycles. The maximum atomic E-state index is 11.3. The first-order valence-electron chi connectivity index (χ1n) is 6.93. The van der Waals surface area contributed by atoms with Gasteiger partial charge in [-0.25, -0.2) is 4.79 Å².